The van der Waals surface area contributed by atoms with Crippen LogP contribution in [0, 0.1) is 12.8 Å². The van der Waals surface area contributed by atoms with Gasteiger partial charge in [-0.1, -0.05) is 0 Å². The van der Waals surface area contributed by atoms with E-state index in [1.807, 2.05) is 13.8 Å². The van der Waals surface area contributed by atoms with Crippen molar-refractivity contribution in [3.05, 3.63) is 15.6 Å². The third-order valence-electron chi connectivity index (χ3n) is 4.50. The number of aryl methyl sites for hydroxylation is 1. The number of halogens is 1. The number of thiazole rings is 1. The van der Waals surface area contributed by atoms with Crippen molar-refractivity contribution in [2.45, 2.75) is 39.7 Å². The summed E-state index contributed by atoms with van der Waals surface area (Å²) in [7, 11) is 3.94. The fraction of sp³-hybridized carbons (Fsp3) is 0.722. The van der Waals surface area contributed by atoms with Crippen LogP contribution in [0.15, 0.2) is 4.99 Å². The molecule has 1 aromatic rings. The third kappa shape index (κ3) is 7.19. The minimum absolute atomic E-state index is 0. The number of hydrogen-bond acceptors (Lipinski definition) is 6. The van der Waals surface area contributed by atoms with E-state index in [1.165, 1.54) is 30.7 Å². The average Bonchev–Trinajstić information content (AvgIpc) is 3.00. The molecule has 0 radical (unpaired) electrons. The predicted molar refractivity (Wildman–Crippen MR) is 121 cm³/mol. The SMILES string of the molecule is CCOC(=O)c1sc(C(C)NC(=NC)NCC2CCCN(C)C2)nc1C.I. The predicted octanol–water partition coefficient (Wildman–Crippen LogP) is 2.81. The Kier molecular flexibility index (Phi) is 10.5. The van der Waals surface area contributed by atoms with Gasteiger partial charge < -0.3 is 20.3 Å². The molecule has 7 nitrogen and oxygen atoms in total. The Morgan fingerprint density at radius 3 is 2.89 bits per heavy atom. The van der Waals surface area contributed by atoms with Crippen LogP contribution < -0.4 is 10.6 Å². The van der Waals surface area contributed by atoms with Crippen LogP contribution in [0.5, 0.6) is 0 Å². The lowest BCUT2D eigenvalue weighted by Gasteiger charge is -2.30. The number of carbonyl (C=O) groups excluding carboxylic acids is 1. The Hall–Kier alpha value is -0.940. The monoisotopic (exact) mass is 509 g/mol. The maximum Gasteiger partial charge on any atom is 0.350 e. The number of likely N-dealkylation sites (tertiary alicyclic amines) is 1. The van der Waals surface area contributed by atoms with Crippen LogP contribution in [0.3, 0.4) is 0 Å². The lowest BCUT2D eigenvalue weighted by atomic mass is 9.99. The van der Waals surface area contributed by atoms with Crippen molar-refractivity contribution >= 4 is 47.2 Å². The van der Waals surface area contributed by atoms with Crippen LogP contribution in [-0.4, -0.2) is 62.1 Å². The molecule has 0 amide bonds. The van der Waals surface area contributed by atoms with E-state index in [9.17, 15) is 4.79 Å². The number of hydrogen-bond donors (Lipinski definition) is 2. The number of nitrogens with zero attached hydrogens (tertiary/aromatic N) is 3. The van der Waals surface area contributed by atoms with Crippen molar-refractivity contribution in [1.82, 2.24) is 20.5 Å². The molecule has 1 aliphatic heterocycles. The van der Waals surface area contributed by atoms with Gasteiger partial charge in [-0.3, -0.25) is 4.99 Å². The van der Waals surface area contributed by atoms with Crippen molar-refractivity contribution in [2.75, 3.05) is 40.3 Å². The number of guanidine groups is 1. The van der Waals surface area contributed by atoms with Crippen molar-refractivity contribution in [3.63, 3.8) is 0 Å². The van der Waals surface area contributed by atoms with Gasteiger partial charge in [0.05, 0.1) is 18.3 Å². The van der Waals surface area contributed by atoms with Gasteiger partial charge in [0.15, 0.2) is 5.96 Å². The molecule has 2 heterocycles. The van der Waals surface area contributed by atoms with Crippen molar-refractivity contribution in [2.24, 2.45) is 10.9 Å². The largest absolute Gasteiger partial charge is 0.462 e. The van der Waals surface area contributed by atoms with E-state index in [-0.39, 0.29) is 36.0 Å². The Bertz CT molecular complexity index is 637. The maximum absolute atomic E-state index is 12.0. The summed E-state index contributed by atoms with van der Waals surface area (Å²) in [4.78, 5) is 23.8. The van der Waals surface area contributed by atoms with E-state index in [0.717, 1.165) is 24.1 Å². The number of carbonyl (C=O) groups is 1. The Morgan fingerprint density at radius 1 is 1.52 bits per heavy atom. The molecule has 1 aliphatic rings. The topological polar surface area (TPSA) is 78.8 Å². The van der Waals surface area contributed by atoms with Gasteiger partial charge in [-0.05, 0) is 53.1 Å². The average molecular weight is 509 g/mol. The molecule has 1 saturated heterocycles. The quantitative estimate of drug-likeness (QED) is 0.266. The van der Waals surface area contributed by atoms with Crippen molar-refractivity contribution in [3.8, 4) is 0 Å². The molecule has 1 fully saturated rings. The fourth-order valence-corrected chi connectivity index (χ4v) is 4.09. The highest BCUT2D eigenvalue weighted by atomic mass is 127. The van der Waals surface area contributed by atoms with Crippen LogP contribution in [-0.2, 0) is 4.74 Å². The zero-order valence-corrected chi connectivity index (χ0v) is 20.0. The van der Waals surface area contributed by atoms with E-state index in [2.05, 4.69) is 32.6 Å². The fourth-order valence-electron chi connectivity index (χ4n) is 3.13. The van der Waals surface area contributed by atoms with Gasteiger partial charge >= 0.3 is 5.97 Å². The molecule has 2 unspecified atom stereocenters. The standard InChI is InChI=1S/C18H31N5O2S.HI/c1-6-25-17(24)15-12(2)21-16(26-15)13(3)22-18(19-4)20-10-14-8-7-9-23(5)11-14;/h13-14H,6-11H2,1-5H3,(H2,19,20,22);1H. The second-order valence-electron chi connectivity index (χ2n) is 6.78. The summed E-state index contributed by atoms with van der Waals surface area (Å²) in [6, 6.07) is -0.0397. The molecule has 0 aliphatic carbocycles. The smallest absolute Gasteiger partial charge is 0.350 e. The number of rotatable bonds is 6. The summed E-state index contributed by atoms with van der Waals surface area (Å²) in [6.45, 7) is 9.24. The summed E-state index contributed by atoms with van der Waals surface area (Å²) in [5.74, 6) is 1.10. The molecule has 1 aromatic heterocycles. The molecule has 0 aromatic carbocycles. The second kappa shape index (κ2) is 11.8. The normalized spacial score (nSPS) is 19.1. The van der Waals surface area contributed by atoms with Gasteiger partial charge in [0, 0.05) is 20.1 Å². The molecular formula is C18H32IN5O2S. The zero-order valence-electron chi connectivity index (χ0n) is 16.9. The molecule has 2 rings (SSSR count). The Morgan fingerprint density at radius 2 is 2.26 bits per heavy atom. The number of nitrogens with one attached hydrogen (secondary N) is 2. The number of esters is 1. The van der Waals surface area contributed by atoms with Gasteiger partial charge in [-0.2, -0.15) is 0 Å². The maximum atomic E-state index is 12.0. The first-order valence-electron chi connectivity index (χ1n) is 9.24. The van der Waals surface area contributed by atoms with Crippen molar-refractivity contribution in [1.29, 1.82) is 0 Å². The van der Waals surface area contributed by atoms with E-state index >= 15 is 0 Å². The van der Waals surface area contributed by atoms with Gasteiger partial charge in [0.25, 0.3) is 0 Å². The highest BCUT2D eigenvalue weighted by molar-refractivity contribution is 14.0. The minimum atomic E-state index is -0.301. The number of ether oxygens (including phenoxy) is 1. The molecule has 2 N–H and O–H groups in total. The van der Waals surface area contributed by atoms with Gasteiger partial charge in [0.1, 0.15) is 9.88 Å². The number of aliphatic imine (C=N–C) groups is 1. The Labute approximate surface area is 183 Å². The molecule has 9 heteroatoms. The van der Waals surface area contributed by atoms with Gasteiger partial charge in [-0.25, -0.2) is 9.78 Å². The molecule has 0 spiro atoms. The highest BCUT2D eigenvalue weighted by Crippen LogP contribution is 2.24. The van der Waals surface area contributed by atoms with Crippen LogP contribution in [0.4, 0.5) is 0 Å². The molecule has 2 atom stereocenters. The second-order valence-corrected chi connectivity index (χ2v) is 7.81. The highest BCUT2D eigenvalue weighted by Gasteiger charge is 2.21. The number of piperidine rings is 1. The van der Waals surface area contributed by atoms with E-state index < -0.39 is 0 Å². The molecule has 0 saturated carbocycles. The Balaban J connectivity index is 0.00000364. The first-order valence-corrected chi connectivity index (χ1v) is 10.1. The molecular weight excluding hydrogens is 477 g/mol. The first kappa shape index (κ1) is 24.1. The summed E-state index contributed by atoms with van der Waals surface area (Å²) in [6.07, 6.45) is 2.50. The molecule has 0 bridgehead atoms. The minimum Gasteiger partial charge on any atom is -0.462 e. The third-order valence-corrected chi connectivity index (χ3v) is 5.82. The lowest BCUT2D eigenvalue weighted by Crippen LogP contribution is -2.44. The summed E-state index contributed by atoms with van der Waals surface area (Å²) < 4.78 is 5.09. The van der Waals surface area contributed by atoms with Gasteiger partial charge in [-0.15, -0.1) is 35.3 Å². The van der Waals surface area contributed by atoms with Crippen LogP contribution in [0.1, 0.15) is 53.1 Å². The summed E-state index contributed by atoms with van der Waals surface area (Å²) in [5.41, 5.74) is 0.713. The molecule has 154 valence electrons. The summed E-state index contributed by atoms with van der Waals surface area (Å²) in [5, 5.41) is 7.64. The summed E-state index contributed by atoms with van der Waals surface area (Å²) >= 11 is 1.38. The van der Waals surface area contributed by atoms with E-state index in [1.54, 1.807) is 14.0 Å². The van der Waals surface area contributed by atoms with Crippen LogP contribution in [0.25, 0.3) is 0 Å². The number of aromatic nitrogens is 1. The van der Waals surface area contributed by atoms with E-state index in [0.29, 0.717) is 23.1 Å². The first-order chi connectivity index (χ1) is 12.4. The van der Waals surface area contributed by atoms with Crippen molar-refractivity contribution < 1.29 is 9.53 Å². The van der Waals surface area contributed by atoms with Crippen LogP contribution in [0.2, 0.25) is 0 Å². The zero-order chi connectivity index (χ0) is 19.1. The van der Waals surface area contributed by atoms with Crippen LogP contribution >= 0.6 is 35.3 Å². The van der Waals surface area contributed by atoms with E-state index in [4.69, 9.17) is 4.74 Å². The van der Waals surface area contributed by atoms with Gasteiger partial charge in [0.2, 0.25) is 0 Å². The lowest BCUT2D eigenvalue weighted by molar-refractivity contribution is 0.0531. The molecule has 27 heavy (non-hydrogen) atoms.